The van der Waals surface area contributed by atoms with Crippen LogP contribution in [0.2, 0.25) is 0 Å². The van der Waals surface area contributed by atoms with Crippen LogP contribution in [0.4, 0.5) is 11.4 Å². The molecule has 0 aliphatic rings. The van der Waals surface area contributed by atoms with E-state index >= 15 is 0 Å². The molecule has 3 rings (SSSR count). The Morgan fingerprint density at radius 2 is 1.93 bits per heavy atom. The van der Waals surface area contributed by atoms with E-state index < -0.39 is 16.8 Å². The molecule has 0 spiro atoms. The number of nitrogens with zero attached hydrogens (tertiary/aromatic N) is 1. The Kier molecular flexibility index (Phi) is 4.89. The van der Waals surface area contributed by atoms with Gasteiger partial charge in [0.15, 0.2) is 0 Å². The second-order valence-electron chi connectivity index (χ2n) is 5.80. The van der Waals surface area contributed by atoms with Gasteiger partial charge in [0.2, 0.25) is 0 Å². The summed E-state index contributed by atoms with van der Waals surface area (Å²) in [5.41, 5.74) is 1.31. The van der Waals surface area contributed by atoms with E-state index in [1.54, 1.807) is 31.2 Å². The summed E-state index contributed by atoms with van der Waals surface area (Å²) < 4.78 is 5.05. The minimum Gasteiger partial charge on any atom is -0.461 e. The molecule has 0 radical (unpaired) electrons. The van der Waals surface area contributed by atoms with Crippen LogP contribution >= 0.6 is 0 Å². The lowest BCUT2D eigenvalue weighted by Crippen LogP contribution is -2.17. The van der Waals surface area contributed by atoms with Gasteiger partial charge in [-0.2, -0.15) is 0 Å². The van der Waals surface area contributed by atoms with E-state index in [-0.39, 0.29) is 34.8 Å². The van der Waals surface area contributed by atoms with Gasteiger partial charge in [-0.15, -0.1) is 0 Å². The highest BCUT2D eigenvalue weighted by molar-refractivity contribution is 6.15. The topological polar surface area (TPSA) is 114 Å². The summed E-state index contributed by atoms with van der Waals surface area (Å²) in [6.45, 7) is 3.38. The predicted molar refractivity (Wildman–Crippen MR) is 100 cm³/mol. The lowest BCUT2D eigenvalue weighted by molar-refractivity contribution is -0.385. The van der Waals surface area contributed by atoms with Gasteiger partial charge in [0.1, 0.15) is 5.69 Å². The third kappa shape index (κ3) is 3.37. The fraction of sp³-hybridized carbons (Fsp3) is 0.158. The molecule has 0 unspecified atom stereocenters. The van der Waals surface area contributed by atoms with E-state index in [9.17, 15) is 19.7 Å². The molecular weight excluding hydrogens is 350 g/mol. The Hall–Kier alpha value is -3.68. The van der Waals surface area contributed by atoms with Crippen LogP contribution in [0, 0.1) is 17.0 Å². The molecule has 8 heteroatoms. The first kappa shape index (κ1) is 18.1. The first-order valence-corrected chi connectivity index (χ1v) is 8.27. The van der Waals surface area contributed by atoms with Crippen molar-refractivity contribution in [3.8, 4) is 0 Å². The van der Waals surface area contributed by atoms with E-state index in [1.165, 1.54) is 25.1 Å². The molecule has 1 amide bonds. The van der Waals surface area contributed by atoms with Gasteiger partial charge in [0.05, 0.1) is 17.2 Å². The average Bonchev–Trinajstić information content (AvgIpc) is 3.00. The number of amides is 1. The fourth-order valence-corrected chi connectivity index (χ4v) is 2.88. The molecule has 0 saturated carbocycles. The zero-order valence-electron chi connectivity index (χ0n) is 14.7. The molecule has 1 aromatic heterocycles. The van der Waals surface area contributed by atoms with Gasteiger partial charge in [0.25, 0.3) is 11.6 Å². The van der Waals surface area contributed by atoms with Crippen LogP contribution in [0.5, 0.6) is 0 Å². The van der Waals surface area contributed by atoms with Gasteiger partial charge < -0.3 is 15.0 Å². The van der Waals surface area contributed by atoms with Crippen molar-refractivity contribution < 1.29 is 19.2 Å². The highest BCUT2D eigenvalue weighted by atomic mass is 16.6. The molecular formula is C19H17N3O5. The molecule has 2 N–H and O–H groups in total. The van der Waals surface area contributed by atoms with Gasteiger partial charge in [-0.25, -0.2) is 4.79 Å². The smallest absolute Gasteiger partial charge is 0.356 e. The predicted octanol–water partition coefficient (Wildman–Crippen LogP) is 3.81. The number of hydrogen-bond donors (Lipinski definition) is 2. The van der Waals surface area contributed by atoms with Crippen molar-refractivity contribution in [1.29, 1.82) is 0 Å². The molecule has 0 aliphatic heterocycles. The number of ether oxygens (including phenoxy) is 1. The van der Waals surface area contributed by atoms with Crippen LogP contribution < -0.4 is 5.32 Å². The van der Waals surface area contributed by atoms with Crippen LogP contribution in [0.15, 0.2) is 42.5 Å². The zero-order valence-corrected chi connectivity index (χ0v) is 14.7. The molecule has 2 aromatic carbocycles. The van der Waals surface area contributed by atoms with E-state index in [4.69, 9.17) is 4.74 Å². The van der Waals surface area contributed by atoms with Gasteiger partial charge in [-0.3, -0.25) is 14.9 Å². The van der Waals surface area contributed by atoms with Crippen LogP contribution in [-0.2, 0) is 4.74 Å². The molecule has 0 bridgehead atoms. The Morgan fingerprint density at radius 1 is 1.19 bits per heavy atom. The van der Waals surface area contributed by atoms with Crippen molar-refractivity contribution in [2.75, 3.05) is 11.9 Å². The van der Waals surface area contributed by atoms with Crippen molar-refractivity contribution in [3.05, 3.63) is 69.4 Å². The average molecular weight is 367 g/mol. The second kappa shape index (κ2) is 7.28. The molecule has 1 heterocycles. The number of H-pyrrole nitrogens is 1. The van der Waals surface area contributed by atoms with E-state index in [0.29, 0.717) is 10.9 Å². The minimum absolute atomic E-state index is 0.120. The first-order chi connectivity index (χ1) is 12.9. The molecule has 0 aliphatic carbocycles. The normalized spacial score (nSPS) is 10.6. The number of nitro benzene ring substituents is 1. The summed E-state index contributed by atoms with van der Waals surface area (Å²) in [6.07, 6.45) is 0. The zero-order chi connectivity index (χ0) is 19.6. The van der Waals surface area contributed by atoms with Crippen LogP contribution in [0.3, 0.4) is 0 Å². The van der Waals surface area contributed by atoms with Crippen molar-refractivity contribution >= 4 is 34.2 Å². The van der Waals surface area contributed by atoms with E-state index in [0.717, 1.165) is 0 Å². The number of aromatic amines is 1. The monoisotopic (exact) mass is 367 g/mol. The Balaban J connectivity index is 2.05. The van der Waals surface area contributed by atoms with Gasteiger partial charge in [0, 0.05) is 28.1 Å². The molecule has 27 heavy (non-hydrogen) atoms. The standard InChI is InChI=1S/C19H17N3O5/c1-3-27-19(24)17-16(13-7-4-5-9-14(13)20-17)21-18(23)12-8-6-10-15(11(12)2)22(25)26/h4-10,20H,3H2,1-2H3,(H,21,23). The molecule has 138 valence electrons. The number of para-hydroxylation sites is 1. The van der Waals surface area contributed by atoms with Gasteiger partial charge in [-0.05, 0) is 26.0 Å². The van der Waals surface area contributed by atoms with Crippen LogP contribution in [0.25, 0.3) is 10.9 Å². The number of benzene rings is 2. The molecule has 0 saturated heterocycles. The molecule has 0 fully saturated rings. The number of rotatable bonds is 5. The Morgan fingerprint density at radius 3 is 2.63 bits per heavy atom. The number of carbonyl (C=O) groups is 2. The molecule has 8 nitrogen and oxygen atoms in total. The highest BCUT2D eigenvalue weighted by Gasteiger charge is 2.23. The van der Waals surface area contributed by atoms with Crippen molar-refractivity contribution in [2.45, 2.75) is 13.8 Å². The number of aromatic nitrogens is 1. The van der Waals surface area contributed by atoms with Gasteiger partial charge >= 0.3 is 5.97 Å². The number of anilines is 1. The third-order valence-electron chi connectivity index (χ3n) is 4.17. The third-order valence-corrected chi connectivity index (χ3v) is 4.17. The van der Waals surface area contributed by atoms with Crippen molar-refractivity contribution in [3.63, 3.8) is 0 Å². The van der Waals surface area contributed by atoms with Crippen LogP contribution in [-0.4, -0.2) is 28.4 Å². The lowest BCUT2D eigenvalue weighted by atomic mass is 10.1. The number of nitro groups is 1. The summed E-state index contributed by atoms with van der Waals surface area (Å²) in [5.74, 6) is -1.15. The quantitative estimate of drug-likeness (QED) is 0.404. The largest absolute Gasteiger partial charge is 0.461 e. The molecule has 3 aromatic rings. The summed E-state index contributed by atoms with van der Waals surface area (Å²) in [5, 5.41) is 14.4. The number of hydrogen-bond acceptors (Lipinski definition) is 5. The summed E-state index contributed by atoms with van der Waals surface area (Å²) >= 11 is 0. The summed E-state index contributed by atoms with van der Waals surface area (Å²) in [6, 6.07) is 11.4. The highest BCUT2D eigenvalue weighted by Crippen LogP contribution is 2.30. The fourth-order valence-electron chi connectivity index (χ4n) is 2.88. The maximum Gasteiger partial charge on any atom is 0.356 e. The maximum absolute atomic E-state index is 12.8. The maximum atomic E-state index is 12.8. The Labute approximate surface area is 154 Å². The van der Waals surface area contributed by atoms with Crippen molar-refractivity contribution in [2.24, 2.45) is 0 Å². The van der Waals surface area contributed by atoms with E-state index in [2.05, 4.69) is 10.3 Å². The van der Waals surface area contributed by atoms with Crippen molar-refractivity contribution in [1.82, 2.24) is 4.98 Å². The lowest BCUT2D eigenvalue weighted by Gasteiger charge is -2.09. The van der Waals surface area contributed by atoms with E-state index in [1.807, 2.05) is 0 Å². The number of esters is 1. The number of nitrogens with one attached hydrogen (secondary N) is 2. The minimum atomic E-state index is -0.597. The SMILES string of the molecule is CCOC(=O)c1[nH]c2ccccc2c1NC(=O)c1cccc([N+](=O)[O-])c1C. The number of fused-ring (bicyclic) bond motifs is 1. The summed E-state index contributed by atoms with van der Waals surface area (Å²) in [7, 11) is 0. The summed E-state index contributed by atoms with van der Waals surface area (Å²) in [4.78, 5) is 38.6. The second-order valence-corrected chi connectivity index (χ2v) is 5.80. The number of carbonyl (C=O) groups excluding carboxylic acids is 2. The molecule has 0 atom stereocenters. The van der Waals surface area contributed by atoms with Gasteiger partial charge in [-0.1, -0.05) is 24.3 Å². The first-order valence-electron chi connectivity index (χ1n) is 8.27. The van der Waals surface area contributed by atoms with Crippen LogP contribution in [0.1, 0.15) is 33.3 Å². The Bertz CT molecular complexity index is 1050.